The van der Waals surface area contributed by atoms with Gasteiger partial charge in [-0.1, -0.05) is 19.3 Å². The second-order valence-electron chi connectivity index (χ2n) is 10.6. The average Bonchev–Trinajstić information content (AvgIpc) is 3.73. The molecule has 2 aliphatic carbocycles. The highest BCUT2D eigenvalue weighted by Gasteiger charge is 2.36. The van der Waals surface area contributed by atoms with E-state index >= 15 is 0 Å². The monoisotopic (exact) mass is 599 g/mol. The first-order valence-corrected chi connectivity index (χ1v) is 16.6. The smallest absolute Gasteiger partial charge is 0.280 e. The summed E-state index contributed by atoms with van der Waals surface area (Å²) in [7, 11) is -1.29. The van der Waals surface area contributed by atoms with E-state index in [0.29, 0.717) is 64.8 Å². The molecule has 13 heteroatoms. The zero-order valence-corrected chi connectivity index (χ0v) is 25.1. The van der Waals surface area contributed by atoms with Crippen molar-refractivity contribution in [2.75, 3.05) is 24.9 Å². The van der Waals surface area contributed by atoms with Crippen LogP contribution in [0.4, 0.5) is 5.69 Å². The average molecular weight is 600 g/mol. The second kappa shape index (κ2) is 13.2. The molecule has 3 aromatic heterocycles. The Labute approximate surface area is 245 Å². The van der Waals surface area contributed by atoms with Crippen LogP contribution in [-0.4, -0.2) is 70.7 Å². The Morgan fingerprint density at radius 2 is 1.95 bits per heavy atom. The Bertz CT molecular complexity index is 1440. The van der Waals surface area contributed by atoms with E-state index in [-0.39, 0.29) is 11.2 Å². The fraction of sp³-hybridized carbons (Fsp3) is 0.536. The molecule has 1 amide bonds. The van der Waals surface area contributed by atoms with Gasteiger partial charge in [-0.2, -0.15) is 0 Å². The maximum absolute atomic E-state index is 13.4. The van der Waals surface area contributed by atoms with Gasteiger partial charge in [0.2, 0.25) is 15.9 Å². The van der Waals surface area contributed by atoms with E-state index in [9.17, 15) is 13.2 Å². The molecule has 5 rings (SSSR count). The van der Waals surface area contributed by atoms with Crippen molar-refractivity contribution < 1.29 is 17.9 Å². The highest BCUT2D eigenvalue weighted by molar-refractivity contribution is 7.93. The molecule has 0 unspecified atom stereocenters. The largest absolute Gasteiger partial charge is 0.477 e. The third-order valence-corrected chi connectivity index (χ3v) is 10.4. The van der Waals surface area contributed by atoms with Crippen LogP contribution in [0.2, 0.25) is 0 Å². The van der Waals surface area contributed by atoms with E-state index in [1.165, 1.54) is 43.4 Å². The maximum Gasteiger partial charge on any atom is 0.280 e. The fourth-order valence-electron chi connectivity index (χ4n) is 5.06. The summed E-state index contributed by atoms with van der Waals surface area (Å²) >= 11 is 1.22. The summed E-state index contributed by atoms with van der Waals surface area (Å²) in [5, 5.41) is 3.07. The molecule has 1 atom stereocenters. The predicted molar refractivity (Wildman–Crippen MR) is 158 cm³/mol. The Morgan fingerprint density at radius 3 is 2.71 bits per heavy atom. The van der Waals surface area contributed by atoms with E-state index in [1.807, 2.05) is 6.92 Å². The van der Waals surface area contributed by atoms with Crippen LogP contribution in [0.25, 0.3) is 10.6 Å². The van der Waals surface area contributed by atoms with Crippen molar-refractivity contribution in [1.82, 2.24) is 30.2 Å². The van der Waals surface area contributed by atoms with E-state index in [4.69, 9.17) is 4.74 Å². The van der Waals surface area contributed by atoms with Crippen molar-refractivity contribution in [2.24, 2.45) is 0 Å². The van der Waals surface area contributed by atoms with E-state index < -0.39 is 16.1 Å². The van der Waals surface area contributed by atoms with Crippen molar-refractivity contribution in [3.63, 3.8) is 0 Å². The minimum atomic E-state index is -3.42. The summed E-state index contributed by atoms with van der Waals surface area (Å²) in [4.78, 5) is 34.0. The van der Waals surface area contributed by atoms with Gasteiger partial charge in [0.05, 0.1) is 46.6 Å². The number of amides is 1. The molecule has 0 spiro atoms. The predicted octanol–water partition coefficient (Wildman–Crippen LogP) is 4.42. The number of hydrogen-bond donors (Lipinski definition) is 2. The summed E-state index contributed by atoms with van der Waals surface area (Å²) in [5.41, 5.74) is 1.62. The Kier molecular flexibility index (Phi) is 9.46. The number of nitrogens with zero attached hydrogens (tertiary/aromatic N) is 5. The number of carbonyl (C=O) groups is 1. The Hall–Kier alpha value is -3.16. The van der Waals surface area contributed by atoms with E-state index in [0.717, 1.165) is 6.54 Å². The molecule has 2 aliphatic rings. The van der Waals surface area contributed by atoms with E-state index in [1.54, 1.807) is 36.9 Å². The fourth-order valence-corrected chi connectivity index (χ4v) is 7.21. The topological polar surface area (TPSA) is 139 Å². The SMILES string of the molecule is CCOc1cncc(-c2cnc(C(=O)N[C@@H](CCN(C)C3CCCCC3)c3cc(NS(=O)(=O)C4CC4)ccn3)s2)n1. The first-order chi connectivity index (χ1) is 19.8. The molecule has 3 heterocycles. The number of hydrogen-bond acceptors (Lipinski definition) is 10. The number of pyridine rings is 1. The lowest BCUT2D eigenvalue weighted by molar-refractivity contribution is 0.0927. The first-order valence-electron chi connectivity index (χ1n) is 14.2. The van der Waals surface area contributed by atoms with Crippen molar-refractivity contribution in [1.29, 1.82) is 0 Å². The number of nitrogens with one attached hydrogen (secondary N) is 2. The van der Waals surface area contributed by atoms with Gasteiger partial charge in [-0.3, -0.25) is 19.5 Å². The van der Waals surface area contributed by atoms with Crippen LogP contribution in [-0.2, 0) is 10.0 Å². The normalized spacial score (nSPS) is 16.9. The van der Waals surface area contributed by atoms with Gasteiger partial charge in [-0.25, -0.2) is 18.4 Å². The van der Waals surface area contributed by atoms with Crippen molar-refractivity contribution in [2.45, 2.75) is 75.6 Å². The molecule has 3 aromatic rings. The Balaban J connectivity index is 1.33. The lowest BCUT2D eigenvalue weighted by atomic mass is 9.94. The highest BCUT2D eigenvalue weighted by Crippen LogP contribution is 2.31. The van der Waals surface area contributed by atoms with Gasteiger partial charge in [0.25, 0.3) is 5.91 Å². The summed E-state index contributed by atoms with van der Waals surface area (Å²) in [6, 6.07) is 3.45. The lowest BCUT2D eigenvalue weighted by Crippen LogP contribution is -2.37. The molecule has 2 fully saturated rings. The zero-order chi connectivity index (χ0) is 28.8. The van der Waals surface area contributed by atoms with Crippen LogP contribution in [0, 0.1) is 0 Å². The molecule has 41 heavy (non-hydrogen) atoms. The van der Waals surface area contributed by atoms with Gasteiger partial charge < -0.3 is 15.0 Å². The van der Waals surface area contributed by atoms with Crippen LogP contribution >= 0.6 is 11.3 Å². The number of sulfonamides is 1. The second-order valence-corrected chi connectivity index (χ2v) is 13.6. The Morgan fingerprint density at radius 1 is 1.15 bits per heavy atom. The minimum absolute atomic E-state index is 0.292. The molecule has 0 bridgehead atoms. The molecule has 0 radical (unpaired) electrons. The third kappa shape index (κ3) is 7.77. The molecular formula is C28H37N7O4S2. The maximum atomic E-state index is 13.4. The van der Waals surface area contributed by atoms with Crippen LogP contribution in [0.5, 0.6) is 5.88 Å². The van der Waals surface area contributed by atoms with Gasteiger partial charge in [0, 0.05) is 25.0 Å². The van der Waals surface area contributed by atoms with Crippen LogP contribution < -0.4 is 14.8 Å². The summed E-state index contributed by atoms with van der Waals surface area (Å²) in [5.74, 6) is 0.0843. The quantitative estimate of drug-likeness (QED) is 0.292. The first kappa shape index (κ1) is 29.3. The molecule has 0 aliphatic heterocycles. The molecule has 0 saturated heterocycles. The van der Waals surface area contributed by atoms with Crippen LogP contribution in [0.15, 0.2) is 36.9 Å². The van der Waals surface area contributed by atoms with Gasteiger partial charge in [-0.15, -0.1) is 11.3 Å². The van der Waals surface area contributed by atoms with Crippen LogP contribution in [0.3, 0.4) is 0 Å². The number of carbonyl (C=O) groups excluding carboxylic acids is 1. The van der Waals surface area contributed by atoms with Crippen LogP contribution in [0.1, 0.15) is 79.8 Å². The zero-order valence-electron chi connectivity index (χ0n) is 23.5. The number of thiazole rings is 1. The van der Waals surface area contributed by atoms with Crippen molar-refractivity contribution >= 4 is 33.0 Å². The standard InChI is InChI=1S/C28H37N7O4S2/c1-3-39-26-18-29-16-24(32-26)25-17-31-28(40-25)27(36)33-22(12-14-35(2)20-7-5-4-6-8-20)23-15-19(11-13-30-23)34-41(37,38)21-9-10-21/h11,13,15-18,20-22H,3-10,12,14H2,1-2H3,(H,30,34)(H,33,36)/t22-/m0/s1. The van der Waals surface area contributed by atoms with Crippen molar-refractivity contribution in [3.8, 4) is 16.5 Å². The van der Waals surface area contributed by atoms with Gasteiger partial charge in [0.15, 0.2) is 5.01 Å². The van der Waals surface area contributed by atoms with Gasteiger partial charge in [-0.05, 0) is 58.2 Å². The summed E-state index contributed by atoms with van der Waals surface area (Å²) in [6.07, 6.45) is 14.4. The molecule has 2 saturated carbocycles. The number of anilines is 1. The van der Waals surface area contributed by atoms with E-state index in [2.05, 4.69) is 41.9 Å². The number of rotatable bonds is 13. The summed E-state index contributed by atoms with van der Waals surface area (Å²) in [6.45, 7) is 3.11. The highest BCUT2D eigenvalue weighted by atomic mass is 32.2. The minimum Gasteiger partial charge on any atom is -0.477 e. The molecule has 220 valence electrons. The van der Waals surface area contributed by atoms with Gasteiger partial charge in [0.1, 0.15) is 5.69 Å². The van der Waals surface area contributed by atoms with Crippen molar-refractivity contribution in [3.05, 3.63) is 47.6 Å². The molecule has 2 N–H and O–H groups in total. The molecular weight excluding hydrogens is 562 g/mol. The lowest BCUT2D eigenvalue weighted by Gasteiger charge is -2.32. The molecule has 0 aromatic carbocycles. The third-order valence-electron chi connectivity index (χ3n) is 7.49. The molecule has 11 nitrogen and oxygen atoms in total. The summed E-state index contributed by atoms with van der Waals surface area (Å²) < 4.78 is 33.2. The van der Waals surface area contributed by atoms with Gasteiger partial charge >= 0.3 is 0 Å². The number of aromatic nitrogens is 4. The number of ether oxygens (including phenoxy) is 1.